The monoisotopic (exact) mass is 347 g/mol. The Morgan fingerprint density at radius 3 is 2.71 bits per heavy atom. The molecule has 0 aliphatic carbocycles. The predicted molar refractivity (Wildman–Crippen MR) is 91.8 cm³/mol. The number of hydrogen-bond donors (Lipinski definition) is 2. The number of thiazole rings is 1. The molecule has 0 aliphatic heterocycles. The minimum absolute atomic E-state index is 0.236. The molecule has 0 saturated heterocycles. The number of urea groups is 1. The number of anilines is 2. The molecule has 3 rings (SSSR count). The molecule has 0 spiro atoms. The highest BCUT2D eigenvalue weighted by atomic mass is 32.1. The third kappa shape index (κ3) is 3.23. The Labute approximate surface area is 141 Å². The molecule has 2 N–H and O–H groups in total. The van der Waals surface area contributed by atoms with E-state index >= 15 is 0 Å². The van der Waals surface area contributed by atoms with E-state index in [0.717, 1.165) is 0 Å². The lowest BCUT2D eigenvalue weighted by atomic mass is 10.2. The zero-order valence-electron chi connectivity index (χ0n) is 12.9. The number of carbonyl (C=O) groups excluding carboxylic acids is 1. The molecule has 2 aromatic carbocycles. The third-order valence-corrected chi connectivity index (χ3v) is 4.18. The van der Waals surface area contributed by atoms with Crippen molar-refractivity contribution in [2.75, 3.05) is 24.9 Å². The average Bonchev–Trinajstić information content (AvgIpc) is 2.99. The van der Waals surface area contributed by atoms with Crippen molar-refractivity contribution in [3.05, 3.63) is 42.2 Å². The van der Waals surface area contributed by atoms with Crippen LogP contribution in [0.1, 0.15) is 0 Å². The Kier molecular flexibility index (Phi) is 4.48. The number of fused-ring (bicyclic) bond motifs is 1. The SMILES string of the molecule is COc1ccc(NC(=O)Nc2nc3c(F)cccc3s2)c(OC)c1. The Hall–Kier alpha value is -2.87. The molecule has 0 saturated carbocycles. The molecule has 1 heterocycles. The summed E-state index contributed by atoms with van der Waals surface area (Å²) in [6.07, 6.45) is 0. The summed E-state index contributed by atoms with van der Waals surface area (Å²) in [5, 5.41) is 5.56. The van der Waals surface area contributed by atoms with Crippen molar-refractivity contribution >= 4 is 38.4 Å². The Balaban J connectivity index is 1.76. The van der Waals surface area contributed by atoms with Crippen molar-refractivity contribution in [1.82, 2.24) is 4.98 Å². The van der Waals surface area contributed by atoms with Gasteiger partial charge >= 0.3 is 6.03 Å². The highest BCUT2D eigenvalue weighted by Gasteiger charge is 2.12. The minimum atomic E-state index is -0.502. The van der Waals surface area contributed by atoms with Gasteiger partial charge in [0.15, 0.2) is 5.13 Å². The predicted octanol–water partition coefficient (Wildman–Crippen LogP) is 4.10. The van der Waals surface area contributed by atoms with Gasteiger partial charge in [-0.05, 0) is 24.3 Å². The maximum absolute atomic E-state index is 13.6. The fraction of sp³-hybridized carbons (Fsp3) is 0.125. The first-order valence-corrected chi connectivity index (χ1v) is 7.77. The van der Waals surface area contributed by atoms with Gasteiger partial charge in [0.1, 0.15) is 22.8 Å². The molecule has 0 radical (unpaired) electrons. The molecular formula is C16H14FN3O3S. The van der Waals surface area contributed by atoms with Crippen molar-refractivity contribution in [2.45, 2.75) is 0 Å². The number of para-hydroxylation sites is 1. The van der Waals surface area contributed by atoms with E-state index < -0.39 is 11.8 Å². The molecule has 3 aromatic rings. The normalized spacial score (nSPS) is 10.5. The van der Waals surface area contributed by atoms with E-state index in [4.69, 9.17) is 9.47 Å². The maximum atomic E-state index is 13.6. The van der Waals surface area contributed by atoms with Crippen molar-refractivity contribution < 1.29 is 18.7 Å². The Bertz CT molecular complexity index is 897. The highest BCUT2D eigenvalue weighted by molar-refractivity contribution is 7.22. The van der Waals surface area contributed by atoms with Gasteiger partial charge in [-0.25, -0.2) is 14.2 Å². The number of aromatic nitrogens is 1. The van der Waals surface area contributed by atoms with Gasteiger partial charge in [0.25, 0.3) is 0 Å². The van der Waals surface area contributed by atoms with Crippen LogP contribution >= 0.6 is 11.3 Å². The lowest BCUT2D eigenvalue weighted by molar-refractivity contribution is 0.262. The second-order valence-electron chi connectivity index (χ2n) is 4.75. The number of rotatable bonds is 4. The van der Waals surface area contributed by atoms with Crippen molar-refractivity contribution in [3.63, 3.8) is 0 Å². The average molecular weight is 347 g/mol. The number of hydrogen-bond acceptors (Lipinski definition) is 5. The molecular weight excluding hydrogens is 333 g/mol. The van der Waals surface area contributed by atoms with Gasteiger partial charge in [0.05, 0.1) is 24.6 Å². The number of methoxy groups -OCH3 is 2. The molecule has 0 bridgehead atoms. The van der Waals surface area contributed by atoms with Crippen LogP contribution in [0, 0.1) is 5.82 Å². The van der Waals surface area contributed by atoms with Gasteiger partial charge in [-0.1, -0.05) is 17.4 Å². The Morgan fingerprint density at radius 2 is 2.00 bits per heavy atom. The lowest BCUT2D eigenvalue weighted by Gasteiger charge is -2.11. The second kappa shape index (κ2) is 6.71. The summed E-state index contributed by atoms with van der Waals surface area (Å²) < 4.78 is 24.6. The van der Waals surface area contributed by atoms with Crippen LogP contribution in [0.3, 0.4) is 0 Å². The van der Waals surface area contributed by atoms with E-state index in [1.807, 2.05) is 0 Å². The van der Waals surface area contributed by atoms with Crippen molar-refractivity contribution in [2.24, 2.45) is 0 Å². The summed E-state index contributed by atoms with van der Waals surface area (Å²) in [7, 11) is 3.04. The third-order valence-electron chi connectivity index (χ3n) is 3.25. The number of nitrogens with zero attached hydrogens (tertiary/aromatic N) is 1. The summed E-state index contributed by atoms with van der Waals surface area (Å²) in [6.45, 7) is 0. The summed E-state index contributed by atoms with van der Waals surface area (Å²) in [4.78, 5) is 16.2. The van der Waals surface area contributed by atoms with E-state index in [1.54, 1.807) is 37.4 Å². The highest BCUT2D eigenvalue weighted by Crippen LogP contribution is 2.30. The number of amides is 2. The second-order valence-corrected chi connectivity index (χ2v) is 5.78. The fourth-order valence-electron chi connectivity index (χ4n) is 2.12. The molecule has 8 heteroatoms. The molecule has 1 aromatic heterocycles. The quantitative estimate of drug-likeness (QED) is 0.745. The lowest BCUT2D eigenvalue weighted by Crippen LogP contribution is -2.19. The van der Waals surface area contributed by atoms with Crippen LogP contribution in [0.25, 0.3) is 10.2 Å². The first-order valence-electron chi connectivity index (χ1n) is 6.96. The topological polar surface area (TPSA) is 72.5 Å². The molecule has 0 aliphatic rings. The standard InChI is InChI=1S/C16H14FN3O3S/c1-22-9-6-7-11(12(8-9)23-2)18-15(21)20-16-19-14-10(17)4-3-5-13(14)24-16/h3-8H,1-2H3,(H2,18,19,20,21). The smallest absolute Gasteiger partial charge is 0.325 e. The number of ether oxygens (including phenoxy) is 2. The molecule has 124 valence electrons. The molecule has 2 amide bonds. The maximum Gasteiger partial charge on any atom is 0.325 e. The molecule has 6 nitrogen and oxygen atoms in total. The van der Waals surface area contributed by atoms with Crippen LogP contribution in [0.2, 0.25) is 0 Å². The first-order chi connectivity index (χ1) is 11.6. The first kappa shape index (κ1) is 16.0. The largest absolute Gasteiger partial charge is 0.497 e. The minimum Gasteiger partial charge on any atom is -0.497 e. The van der Waals surface area contributed by atoms with Crippen molar-refractivity contribution in [1.29, 1.82) is 0 Å². The van der Waals surface area contributed by atoms with E-state index in [1.165, 1.54) is 24.5 Å². The number of nitrogens with one attached hydrogen (secondary N) is 2. The van der Waals surface area contributed by atoms with Gasteiger partial charge in [0, 0.05) is 6.07 Å². The van der Waals surface area contributed by atoms with Gasteiger partial charge in [0.2, 0.25) is 0 Å². The zero-order chi connectivity index (χ0) is 17.1. The van der Waals surface area contributed by atoms with Crippen LogP contribution in [0.4, 0.5) is 20.0 Å². The molecule has 0 atom stereocenters. The van der Waals surface area contributed by atoms with Crippen LogP contribution < -0.4 is 20.1 Å². The summed E-state index contributed by atoms with van der Waals surface area (Å²) >= 11 is 1.19. The van der Waals surface area contributed by atoms with Crippen molar-refractivity contribution in [3.8, 4) is 11.5 Å². The van der Waals surface area contributed by atoms with E-state index in [9.17, 15) is 9.18 Å². The molecule has 0 unspecified atom stereocenters. The van der Waals surface area contributed by atoms with Crippen LogP contribution in [0.15, 0.2) is 36.4 Å². The molecule has 0 fully saturated rings. The Morgan fingerprint density at radius 1 is 1.17 bits per heavy atom. The van der Waals surface area contributed by atoms with Crippen LogP contribution in [-0.4, -0.2) is 25.2 Å². The van der Waals surface area contributed by atoms with E-state index in [0.29, 0.717) is 27.0 Å². The fourth-order valence-corrected chi connectivity index (χ4v) is 3.00. The summed E-state index contributed by atoms with van der Waals surface area (Å²) in [5.74, 6) is 0.647. The van der Waals surface area contributed by atoms with Gasteiger partial charge < -0.3 is 14.8 Å². The zero-order valence-corrected chi connectivity index (χ0v) is 13.7. The van der Waals surface area contributed by atoms with Crippen LogP contribution in [0.5, 0.6) is 11.5 Å². The van der Waals surface area contributed by atoms with Gasteiger partial charge in [-0.2, -0.15) is 0 Å². The molecule has 24 heavy (non-hydrogen) atoms. The number of halogens is 1. The number of benzene rings is 2. The van der Waals surface area contributed by atoms with E-state index in [-0.39, 0.29) is 5.52 Å². The van der Waals surface area contributed by atoms with E-state index in [2.05, 4.69) is 15.6 Å². The summed E-state index contributed by atoms with van der Waals surface area (Å²) in [5.41, 5.74) is 0.711. The van der Waals surface area contributed by atoms with Crippen LogP contribution in [-0.2, 0) is 0 Å². The number of carbonyl (C=O) groups is 1. The summed E-state index contributed by atoms with van der Waals surface area (Å²) in [6, 6.07) is 9.18. The van der Waals surface area contributed by atoms with Gasteiger partial charge in [-0.3, -0.25) is 5.32 Å². The van der Waals surface area contributed by atoms with Gasteiger partial charge in [-0.15, -0.1) is 0 Å².